The van der Waals surface area contributed by atoms with Gasteiger partial charge in [0.2, 0.25) is 0 Å². The number of hydrogen-bond donors (Lipinski definition) is 1. The van der Waals surface area contributed by atoms with E-state index < -0.39 is 0 Å². The minimum absolute atomic E-state index is 0.145. The Hall–Kier alpha value is -0.750. The van der Waals surface area contributed by atoms with Crippen molar-refractivity contribution in [3.05, 3.63) is 11.6 Å². The molecule has 2 aliphatic rings. The van der Waals surface area contributed by atoms with E-state index in [4.69, 9.17) is 0 Å². The molecule has 0 spiro atoms. The Kier molecular flexibility index (Phi) is 4.28. The molecule has 0 radical (unpaired) electrons. The highest BCUT2D eigenvalue weighted by molar-refractivity contribution is 8.00. The van der Waals surface area contributed by atoms with Crippen molar-refractivity contribution < 1.29 is 4.79 Å². The summed E-state index contributed by atoms with van der Waals surface area (Å²) in [5.74, 6) is 1.79. The summed E-state index contributed by atoms with van der Waals surface area (Å²) in [6.07, 6.45) is 6.58. The van der Waals surface area contributed by atoms with Gasteiger partial charge in [0.1, 0.15) is 4.34 Å². The lowest BCUT2D eigenvalue weighted by atomic mass is 10.1. The molecule has 1 aromatic rings. The third kappa shape index (κ3) is 3.23. The zero-order chi connectivity index (χ0) is 13.1. The second-order valence-corrected chi connectivity index (χ2v) is 7.45. The van der Waals surface area contributed by atoms with Crippen LogP contribution in [0, 0.1) is 5.92 Å². The number of thioether (sulfide) groups is 1. The smallest absolute Gasteiger partial charge is 0.317 e. The molecule has 3 rings (SSSR count). The number of nitrogens with zero attached hydrogens (tertiary/aromatic N) is 2. The van der Waals surface area contributed by atoms with Crippen molar-refractivity contribution in [1.82, 2.24) is 15.2 Å². The van der Waals surface area contributed by atoms with E-state index >= 15 is 0 Å². The van der Waals surface area contributed by atoms with E-state index in [1.54, 1.807) is 23.1 Å². The second kappa shape index (κ2) is 6.13. The molecule has 1 aromatic heterocycles. The summed E-state index contributed by atoms with van der Waals surface area (Å²) in [5, 5.41) is 5.04. The second-order valence-electron chi connectivity index (χ2n) is 5.22. The van der Waals surface area contributed by atoms with Gasteiger partial charge in [-0.15, -0.1) is 11.3 Å². The first-order valence-corrected chi connectivity index (χ1v) is 8.76. The first-order valence-electron chi connectivity index (χ1n) is 6.89. The molecule has 2 heterocycles. The van der Waals surface area contributed by atoms with Gasteiger partial charge in [0, 0.05) is 36.5 Å². The Balaban J connectivity index is 1.31. The van der Waals surface area contributed by atoms with Gasteiger partial charge in [0.15, 0.2) is 0 Å². The quantitative estimate of drug-likeness (QED) is 0.671. The maximum Gasteiger partial charge on any atom is 0.317 e. The Morgan fingerprint density at radius 2 is 2.53 bits per heavy atom. The molecule has 2 atom stereocenters. The Bertz CT molecular complexity index is 424. The van der Waals surface area contributed by atoms with Crippen LogP contribution < -0.4 is 5.32 Å². The maximum absolute atomic E-state index is 12.0. The van der Waals surface area contributed by atoms with Gasteiger partial charge in [-0.1, -0.05) is 11.8 Å². The largest absolute Gasteiger partial charge is 0.338 e. The maximum atomic E-state index is 12.0. The number of urea groups is 1. The Labute approximate surface area is 122 Å². The van der Waals surface area contributed by atoms with Crippen LogP contribution in [0.5, 0.6) is 0 Å². The van der Waals surface area contributed by atoms with Crippen molar-refractivity contribution in [3.63, 3.8) is 0 Å². The average molecular weight is 297 g/mol. The zero-order valence-corrected chi connectivity index (χ0v) is 12.5. The van der Waals surface area contributed by atoms with Crippen LogP contribution >= 0.6 is 23.1 Å². The van der Waals surface area contributed by atoms with Gasteiger partial charge in [-0.3, -0.25) is 0 Å². The van der Waals surface area contributed by atoms with Crippen LogP contribution in [0.3, 0.4) is 0 Å². The molecule has 19 heavy (non-hydrogen) atoms. The molecule has 104 valence electrons. The number of amides is 2. The summed E-state index contributed by atoms with van der Waals surface area (Å²) in [5.41, 5.74) is 0. The molecular weight excluding hydrogens is 278 g/mol. The van der Waals surface area contributed by atoms with Gasteiger partial charge in [-0.2, -0.15) is 0 Å². The summed E-state index contributed by atoms with van der Waals surface area (Å²) in [6, 6.07) is 0.668. The minimum atomic E-state index is 0.145. The molecule has 2 unspecified atom stereocenters. The first kappa shape index (κ1) is 13.2. The van der Waals surface area contributed by atoms with Gasteiger partial charge < -0.3 is 10.2 Å². The van der Waals surface area contributed by atoms with E-state index in [1.807, 2.05) is 16.5 Å². The molecule has 0 aromatic carbocycles. The van der Waals surface area contributed by atoms with Gasteiger partial charge >= 0.3 is 6.03 Å². The molecule has 2 amide bonds. The molecule has 2 fully saturated rings. The number of nitrogens with one attached hydrogen (secondary N) is 1. The molecular formula is C13H19N3OS2. The number of aromatic nitrogens is 1. The number of hydrogen-bond acceptors (Lipinski definition) is 4. The predicted molar refractivity (Wildman–Crippen MR) is 78.7 cm³/mol. The first-order chi connectivity index (χ1) is 9.33. The van der Waals surface area contributed by atoms with E-state index in [0.717, 1.165) is 35.5 Å². The Morgan fingerprint density at radius 3 is 3.21 bits per heavy atom. The van der Waals surface area contributed by atoms with Gasteiger partial charge in [0.05, 0.1) is 0 Å². The van der Waals surface area contributed by atoms with E-state index in [9.17, 15) is 4.79 Å². The van der Waals surface area contributed by atoms with Crippen LogP contribution in [0.25, 0.3) is 0 Å². The van der Waals surface area contributed by atoms with Crippen molar-refractivity contribution in [2.75, 3.05) is 18.8 Å². The van der Waals surface area contributed by atoms with E-state index in [-0.39, 0.29) is 6.03 Å². The fraction of sp³-hybridized carbons (Fsp3) is 0.692. The lowest BCUT2D eigenvalue weighted by Gasteiger charge is -2.27. The lowest BCUT2D eigenvalue weighted by Crippen LogP contribution is -2.44. The average Bonchev–Trinajstić information content (AvgIpc) is 3.15. The van der Waals surface area contributed by atoms with Crippen LogP contribution in [0.15, 0.2) is 15.9 Å². The topological polar surface area (TPSA) is 45.2 Å². The molecule has 1 aliphatic carbocycles. The van der Waals surface area contributed by atoms with Crippen molar-refractivity contribution in [2.45, 2.75) is 36.1 Å². The van der Waals surface area contributed by atoms with Crippen LogP contribution in [-0.2, 0) is 0 Å². The molecule has 1 N–H and O–H groups in total. The third-order valence-electron chi connectivity index (χ3n) is 3.90. The minimum Gasteiger partial charge on any atom is -0.338 e. The van der Waals surface area contributed by atoms with Crippen LogP contribution in [0.2, 0.25) is 0 Å². The van der Waals surface area contributed by atoms with Crippen molar-refractivity contribution >= 4 is 29.1 Å². The predicted octanol–water partition coefficient (Wildman–Crippen LogP) is 2.82. The third-order valence-corrected chi connectivity index (χ3v) is 5.95. The summed E-state index contributed by atoms with van der Waals surface area (Å²) in [7, 11) is 0. The molecule has 1 saturated heterocycles. The highest BCUT2D eigenvalue weighted by Crippen LogP contribution is 2.37. The van der Waals surface area contributed by atoms with Crippen LogP contribution in [0.1, 0.15) is 25.7 Å². The number of likely N-dealkylation sites (tertiary alicyclic amines) is 1. The van der Waals surface area contributed by atoms with Gasteiger partial charge in [0.25, 0.3) is 0 Å². The van der Waals surface area contributed by atoms with Crippen molar-refractivity contribution in [3.8, 4) is 0 Å². The van der Waals surface area contributed by atoms with E-state index in [2.05, 4.69) is 10.3 Å². The summed E-state index contributed by atoms with van der Waals surface area (Å²) in [6.45, 7) is 1.75. The highest BCUT2D eigenvalue weighted by atomic mass is 32.2. The summed E-state index contributed by atoms with van der Waals surface area (Å²) < 4.78 is 1.11. The lowest BCUT2D eigenvalue weighted by molar-refractivity contribution is 0.181. The number of carbonyl (C=O) groups is 1. The number of thiazole rings is 1. The highest BCUT2D eigenvalue weighted by Gasteiger charge is 2.39. The van der Waals surface area contributed by atoms with Crippen molar-refractivity contribution in [2.24, 2.45) is 5.92 Å². The fourth-order valence-corrected chi connectivity index (χ4v) is 4.63. The SMILES string of the molecule is O=C(NCCCSc1nccs1)N1CC2CCC1C2. The van der Waals surface area contributed by atoms with E-state index in [1.165, 1.54) is 19.3 Å². The number of piperidine rings is 1. The van der Waals surface area contributed by atoms with Crippen molar-refractivity contribution in [1.29, 1.82) is 0 Å². The standard InChI is InChI=1S/C13H19N3OS2/c17-12(16-9-10-2-3-11(16)8-10)14-4-1-6-18-13-15-5-7-19-13/h5,7,10-11H,1-4,6,8-9H2,(H,14,17). The molecule has 1 aliphatic heterocycles. The van der Waals surface area contributed by atoms with Crippen LogP contribution in [0.4, 0.5) is 4.79 Å². The zero-order valence-electron chi connectivity index (χ0n) is 10.9. The van der Waals surface area contributed by atoms with E-state index in [0.29, 0.717) is 6.04 Å². The van der Waals surface area contributed by atoms with Gasteiger partial charge in [-0.05, 0) is 31.6 Å². The fourth-order valence-electron chi connectivity index (χ4n) is 2.98. The number of rotatable bonds is 5. The molecule has 4 nitrogen and oxygen atoms in total. The van der Waals surface area contributed by atoms with Crippen LogP contribution in [-0.4, -0.2) is 40.8 Å². The molecule has 6 heteroatoms. The molecule has 1 saturated carbocycles. The number of carbonyl (C=O) groups excluding carboxylic acids is 1. The van der Waals surface area contributed by atoms with Gasteiger partial charge in [-0.25, -0.2) is 9.78 Å². The summed E-state index contributed by atoms with van der Waals surface area (Å²) >= 11 is 3.44. The number of fused-ring (bicyclic) bond motifs is 2. The normalized spacial score (nSPS) is 24.9. The Morgan fingerprint density at radius 1 is 1.58 bits per heavy atom. The molecule has 2 bridgehead atoms. The summed E-state index contributed by atoms with van der Waals surface area (Å²) in [4.78, 5) is 18.3. The monoisotopic (exact) mass is 297 g/mol.